The van der Waals surface area contributed by atoms with Crippen molar-refractivity contribution in [2.45, 2.75) is 31.3 Å². The van der Waals surface area contributed by atoms with Gasteiger partial charge in [0.15, 0.2) is 0 Å². The number of hydrogen-bond donors (Lipinski definition) is 2. The van der Waals surface area contributed by atoms with E-state index in [1.54, 1.807) is 0 Å². The molecule has 1 aromatic carbocycles. The van der Waals surface area contributed by atoms with Crippen LogP contribution < -0.4 is 11.1 Å². The number of amides is 1. The van der Waals surface area contributed by atoms with Gasteiger partial charge in [-0.15, -0.1) is 0 Å². The molecule has 0 aliphatic heterocycles. The van der Waals surface area contributed by atoms with Crippen molar-refractivity contribution < 1.29 is 4.79 Å². The highest BCUT2D eigenvalue weighted by Gasteiger charge is 2.46. The molecular weight excluding hydrogens is 268 g/mol. The number of carbonyl (C=O) groups excluding carboxylic acids is 1. The number of nitrogens with two attached hydrogens (primary N) is 1. The minimum Gasteiger partial charge on any atom is -0.348 e. The lowest BCUT2D eigenvalue weighted by molar-refractivity contribution is -0.123. The summed E-state index contributed by atoms with van der Waals surface area (Å²) in [6.07, 6.45) is 1.60. The summed E-state index contributed by atoms with van der Waals surface area (Å²) in [5.74, 6) is -0.0390. The van der Waals surface area contributed by atoms with Gasteiger partial charge in [0.05, 0.1) is 11.6 Å². The van der Waals surface area contributed by atoms with E-state index in [4.69, 9.17) is 5.73 Å². The highest BCUT2D eigenvalue weighted by atomic mass is 79.9. The lowest BCUT2D eigenvalue weighted by atomic mass is 10.1. The van der Waals surface area contributed by atoms with E-state index < -0.39 is 5.54 Å². The molecule has 1 amide bonds. The summed E-state index contributed by atoms with van der Waals surface area (Å²) in [5.41, 5.74) is 6.31. The van der Waals surface area contributed by atoms with Crippen LogP contribution in [0.15, 0.2) is 28.7 Å². The largest absolute Gasteiger partial charge is 0.348 e. The van der Waals surface area contributed by atoms with Crippen LogP contribution in [0.25, 0.3) is 0 Å². The Labute approximate surface area is 104 Å². The summed E-state index contributed by atoms with van der Waals surface area (Å²) in [5, 5.41) is 2.94. The summed E-state index contributed by atoms with van der Waals surface area (Å²) in [7, 11) is 0. The molecule has 3 N–H and O–H groups in total. The molecule has 1 aliphatic carbocycles. The van der Waals surface area contributed by atoms with Gasteiger partial charge in [0.25, 0.3) is 0 Å². The van der Waals surface area contributed by atoms with Crippen LogP contribution in [0.3, 0.4) is 0 Å². The van der Waals surface area contributed by atoms with Crippen LogP contribution in [0.2, 0.25) is 0 Å². The van der Waals surface area contributed by atoms with Crippen molar-refractivity contribution in [3.8, 4) is 0 Å². The summed E-state index contributed by atoms with van der Waals surface area (Å²) >= 11 is 3.38. The van der Waals surface area contributed by atoms with E-state index in [1.807, 2.05) is 31.2 Å². The predicted octanol–water partition coefficient (Wildman–Crippen LogP) is 2.12. The Kier molecular flexibility index (Phi) is 3.04. The zero-order valence-corrected chi connectivity index (χ0v) is 10.8. The molecule has 2 rings (SSSR count). The Morgan fingerprint density at radius 3 is 2.50 bits per heavy atom. The van der Waals surface area contributed by atoms with Gasteiger partial charge in [-0.05, 0) is 37.5 Å². The molecular formula is C12H15BrN2O. The Balaban J connectivity index is 2.00. The maximum Gasteiger partial charge on any atom is 0.240 e. The normalized spacial score (nSPS) is 18.9. The average molecular weight is 283 g/mol. The summed E-state index contributed by atoms with van der Waals surface area (Å²) in [4.78, 5) is 11.7. The lowest BCUT2D eigenvalue weighted by Gasteiger charge is -2.17. The third kappa shape index (κ3) is 2.44. The van der Waals surface area contributed by atoms with Gasteiger partial charge in [-0.3, -0.25) is 4.79 Å². The van der Waals surface area contributed by atoms with E-state index in [1.165, 1.54) is 0 Å². The van der Waals surface area contributed by atoms with E-state index in [0.29, 0.717) is 0 Å². The number of benzene rings is 1. The van der Waals surface area contributed by atoms with Crippen molar-refractivity contribution >= 4 is 21.8 Å². The molecule has 0 radical (unpaired) electrons. The molecule has 16 heavy (non-hydrogen) atoms. The van der Waals surface area contributed by atoms with Gasteiger partial charge >= 0.3 is 0 Å². The Morgan fingerprint density at radius 2 is 2.00 bits per heavy atom. The van der Waals surface area contributed by atoms with Crippen LogP contribution in [0.4, 0.5) is 0 Å². The summed E-state index contributed by atoms with van der Waals surface area (Å²) in [6.45, 7) is 1.97. The fraction of sp³-hybridized carbons (Fsp3) is 0.417. The zero-order chi connectivity index (χ0) is 11.8. The number of halogens is 1. The van der Waals surface area contributed by atoms with Gasteiger partial charge in [-0.25, -0.2) is 0 Å². The quantitative estimate of drug-likeness (QED) is 0.892. The van der Waals surface area contributed by atoms with E-state index >= 15 is 0 Å². The minimum atomic E-state index is -0.594. The molecule has 1 atom stereocenters. The number of nitrogens with one attached hydrogen (secondary N) is 1. The molecule has 4 heteroatoms. The number of rotatable bonds is 3. The molecule has 0 bridgehead atoms. The van der Waals surface area contributed by atoms with Crippen LogP contribution in [0.1, 0.15) is 31.4 Å². The van der Waals surface area contributed by atoms with Crippen molar-refractivity contribution in [3.63, 3.8) is 0 Å². The molecule has 1 aromatic rings. The second-order valence-corrected chi connectivity index (χ2v) is 5.32. The fourth-order valence-corrected chi connectivity index (χ4v) is 1.80. The van der Waals surface area contributed by atoms with Gasteiger partial charge in [-0.1, -0.05) is 28.1 Å². The van der Waals surface area contributed by atoms with E-state index in [-0.39, 0.29) is 11.9 Å². The van der Waals surface area contributed by atoms with Crippen molar-refractivity contribution in [1.29, 1.82) is 0 Å². The average Bonchev–Trinajstić information content (AvgIpc) is 2.99. The zero-order valence-electron chi connectivity index (χ0n) is 9.16. The standard InChI is InChI=1S/C12H15BrN2O/c1-8(9-2-4-10(13)5-3-9)15-11(16)12(14)6-7-12/h2-5,8H,6-7,14H2,1H3,(H,15,16)/t8-/m0/s1. The highest BCUT2D eigenvalue weighted by molar-refractivity contribution is 9.10. The van der Waals surface area contributed by atoms with Crippen molar-refractivity contribution in [1.82, 2.24) is 5.32 Å². The number of hydrogen-bond acceptors (Lipinski definition) is 2. The monoisotopic (exact) mass is 282 g/mol. The third-order valence-corrected chi connectivity index (χ3v) is 3.49. The second kappa shape index (κ2) is 4.18. The van der Waals surface area contributed by atoms with E-state index in [2.05, 4.69) is 21.2 Å². The fourth-order valence-electron chi connectivity index (χ4n) is 1.54. The summed E-state index contributed by atoms with van der Waals surface area (Å²) < 4.78 is 1.03. The second-order valence-electron chi connectivity index (χ2n) is 4.40. The van der Waals surface area contributed by atoms with Gasteiger partial charge < -0.3 is 11.1 Å². The molecule has 86 valence electrons. The Morgan fingerprint density at radius 1 is 1.44 bits per heavy atom. The molecule has 3 nitrogen and oxygen atoms in total. The van der Waals surface area contributed by atoms with E-state index in [9.17, 15) is 4.79 Å². The molecule has 1 saturated carbocycles. The maximum absolute atomic E-state index is 11.7. The van der Waals surface area contributed by atoms with Crippen molar-refractivity contribution in [2.24, 2.45) is 5.73 Å². The third-order valence-electron chi connectivity index (χ3n) is 2.96. The molecule has 0 saturated heterocycles. The SMILES string of the molecule is C[C@H](NC(=O)C1(N)CC1)c1ccc(Br)cc1. The molecule has 0 aromatic heterocycles. The first-order valence-electron chi connectivity index (χ1n) is 5.36. The molecule has 0 spiro atoms. The predicted molar refractivity (Wildman–Crippen MR) is 66.9 cm³/mol. The minimum absolute atomic E-state index is 0.00150. The van der Waals surface area contributed by atoms with E-state index in [0.717, 1.165) is 22.9 Å². The van der Waals surface area contributed by atoms with Crippen molar-refractivity contribution in [3.05, 3.63) is 34.3 Å². The van der Waals surface area contributed by atoms with Crippen LogP contribution in [0, 0.1) is 0 Å². The van der Waals surface area contributed by atoms with Gasteiger partial charge in [0, 0.05) is 4.47 Å². The topological polar surface area (TPSA) is 55.1 Å². The molecule has 0 unspecified atom stereocenters. The van der Waals surface area contributed by atoms with Gasteiger partial charge in [0.2, 0.25) is 5.91 Å². The first-order chi connectivity index (χ1) is 7.51. The maximum atomic E-state index is 11.7. The Bertz CT molecular complexity index is 398. The smallest absolute Gasteiger partial charge is 0.240 e. The van der Waals surface area contributed by atoms with Crippen molar-refractivity contribution in [2.75, 3.05) is 0 Å². The molecule has 1 aliphatic rings. The molecule has 1 fully saturated rings. The Hall–Kier alpha value is -0.870. The van der Waals surface area contributed by atoms with Crippen LogP contribution in [0.5, 0.6) is 0 Å². The molecule has 0 heterocycles. The first kappa shape index (κ1) is 11.6. The van der Waals surface area contributed by atoms with Gasteiger partial charge in [-0.2, -0.15) is 0 Å². The first-order valence-corrected chi connectivity index (χ1v) is 6.16. The summed E-state index contributed by atoms with van der Waals surface area (Å²) in [6, 6.07) is 7.92. The highest BCUT2D eigenvalue weighted by Crippen LogP contribution is 2.32. The van der Waals surface area contributed by atoms with Crippen LogP contribution >= 0.6 is 15.9 Å². The van der Waals surface area contributed by atoms with Crippen LogP contribution in [-0.2, 0) is 4.79 Å². The van der Waals surface area contributed by atoms with Gasteiger partial charge in [0.1, 0.15) is 0 Å². The lowest BCUT2D eigenvalue weighted by Crippen LogP contribution is -2.43. The van der Waals surface area contributed by atoms with Crippen LogP contribution in [-0.4, -0.2) is 11.4 Å². The number of carbonyl (C=O) groups is 1.